The molecule has 0 aliphatic carbocycles. The van der Waals surface area contributed by atoms with Crippen LogP contribution in [0.4, 0.5) is 17.3 Å². The molecule has 0 spiro atoms. The first-order chi connectivity index (χ1) is 13.1. The lowest BCUT2D eigenvalue weighted by atomic mass is 10.2. The Balaban J connectivity index is 1.72. The van der Waals surface area contributed by atoms with Crippen molar-refractivity contribution in [2.45, 2.75) is 0 Å². The number of nitriles is 1. The Labute approximate surface area is 160 Å². The molecule has 0 radical (unpaired) electrons. The third-order valence-electron chi connectivity index (χ3n) is 3.57. The summed E-state index contributed by atoms with van der Waals surface area (Å²) in [7, 11) is 1.50. The maximum atomic E-state index is 12.4. The van der Waals surface area contributed by atoms with Crippen molar-refractivity contribution in [3.8, 4) is 11.8 Å². The number of nitrogens with zero attached hydrogens (tertiary/aromatic N) is 3. The number of amides is 1. The van der Waals surface area contributed by atoms with Gasteiger partial charge in [-0.3, -0.25) is 4.79 Å². The first-order valence-corrected chi connectivity index (χ1v) is 8.21. The molecule has 8 heteroatoms. The quantitative estimate of drug-likeness (QED) is 0.694. The zero-order valence-corrected chi connectivity index (χ0v) is 15.0. The summed E-state index contributed by atoms with van der Waals surface area (Å²) in [6.45, 7) is 0. The number of hydrogen-bond acceptors (Lipinski definition) is 6. The number of hydrogen-bond donors (Lipinski definition) is 2. The predicted octanol–water partition coefficient (Wildman–Crippen LogP) is 4.01. The highest BCUT2D eigenvalue weighted by Crippen LogP contribution is 2.28. The minimum absolute atomic E-state index is 0.272. The first-order valence-electron chi connectivity index (χ1n) is 7.83. The Hall–Kier alpha value is -3.63. The standard InChI is InChI=1S/C19H14ClN5O2/c1-27-17-6-5-14(20)8-16(17)25-18(26)13-10-22-19(23-11-13)24-15-4-2-3-12(7-15)9-21/h2-8,10-11H,1H3,(H,25,26)(H,22,23,24). The molecular formula is C19H14ClN5O2. The Morgan fingerprint density at radius 2 is 1.96 bits per heavy atom. The summed E-state index contributed by atoms with van der Waals surface area (Å²) in [6.07, 6.45) is 2.80. The lowest BCUT2D eigenvalue weighted by Gasteiger charge is -2.10. The van der Waals surface area contributed by atoms with Crippen molar-refractivity contribution in [1.82, 2.24) is 9.97 Å². The molecule has 2 aromatic carbocycles. The average Bonchev–Trinajstić information content (AvgIpc) is 2.69. The molecule has 1 heterocycles. The normalized spacial score (nSPS) is 9.96. The summed E-state index contributed by atoms with van der Waals surface area (Å²) in [5.74, 6) is 0.403. The Morgan fingerprint density at radius 3 is 2.67 bits per heavy atom. The predicted molar refractivity (Wildman–Crippen MR) is 102 cm³/mol. The van der Waals surface area contributed by atoms with Crippen LogP contribution in [0.5, 0.6) is 5.75 Å². The number of carbonyl (C=O) groups is 1. The van der Waals surface area contributed by atoms with E-state index in [0.717, 1.165) is 0 Å². The van der Waals surface area contributed by atoms with E-state index in [1.165, 1.54) is 19.5 Å². The van der Waals surface area contributed by atoms with Gasteiger partial charge >= 0.3 is 0 Å². The molecule has 0 fully saturated rings. The highest BCUT2D eigenvalue weighted by molar-refractivity contribution is 6.31. The fraction of sp³-hybridized carbons (Fsp3) is 0.0526. The van der Waals surface area contributed by atoms with Crippen LogP contribution in [0.1, 0.15) is 15.9 Å². The van der Waals surface area contributed by atoms with Gasteiger partial charge in [-0.05, 0) is 36.4 Å². The molecule has 0 unspecified atom stereocenters. The topological polar surface area (TPSA) is 99.9 Å². The van der Waals surface area contributed by atoms with Crippen LogP contribution < -0.4 is 15.4 Å². The number of carbonyl (C=O) groups excluding carboxylic acids is 1. The van der Waals surface area contributed by atoms with E-state index >= 15 is 0 Å². The van der Waals surface area contributed by atoms with Gasteiger partial charge in [0.25, 0.3) is 5.91 Å². The van der Waals surface area contributed by atoms with Crippen LogP contribution in [0.3, 0.4) is 0 Å². The second-order valence-corrected chi connectivity index (χ2v) is 5.85. The fourth-order valence-corrected chi connectivity index (χ4v) is 2.45. The van der Waals surface area contributed by atoms with Gasteiger partial charge in [0.15, 0.2) is 0 Å². The van der Waals surface area contributed by atoms with Crippen molar-refractivity contribution < 1.29 is 9.53 Å². The van der Waals surface area contributed by atoms with Crippen LogP contribution in [0.25, 0.3) is 0 Å². The lowest BCUT2D eigenvalue weighted by Crippen LogP contribution is -2.13. The number of ether oxygens (including phenoxy) is 1. The monoisotopic (exact) mass is 379 g/mol. The highest BCUT2D eigenvalue weighted by atomic mass is 35.5. The molecule has 0 bridgehead atoms. The van der Waals surface area contributed by atoms with Crippen LogP contribution in [-0.4, -0.2) is 23.0 Å². The second kappa shape index (κ2) is 8.17. The van der Waals surface area contributed by atoms with Crippen LogP contribution in [0.2, 0.25) is 5.02 Å². The van der Waals surface area contributed by atoms with Crippen molar-refractivity contribution in [2.75, 3.05) is 17.7 Å². The molecule has 0 aliphatic rings. The van der Waals surface area contributed by atoms with Gasteiger partial charge in [0.2, 0.25) is 5.95 Å². The van der Waals surface area contributed by atoms with E-state index in [9.17, 15) is 4.79 Å². The van der Waals surface area contributed by atoms with Crippen molar-refractivity contribution >= 4 is 34.8 Å². The third kappa shape index (κ3) is 4.51. The summed E-state index contributed by atoms with van der Waals surface area (Å²) >= 11 is 5.96. The van der Waals surface area contributed by atoms with Gasteiger partial charge < -0.3 is 15.4 Å². The van der Waals surface area contributed by atoms with Crippen LogP contribution in [0.15, 0.2) is 54.9 Å². The van der Waals surface area contributed by atoms with Crippen LogP contribution >= 0.6 is 11.6 Å². The summed E-state index contributed by atoms with van der Waals surface area (Å²) in [6, 6.07) is 13.9. The molecule has 134 valence electrons. The minimum atomic E-state index is -0.395. The van der Waals surface area contributed by atoms with Crippen molar-refractivity contribution in [2.24, 2.45) is 0 Å². The van der Waals surface area contributed by atoms with Crippen LogP contribution in [0, 0.1) is 11.3 Å². The van der Waals surface area contributed by atoms with Gasteiger partial charge in [0.1, 0.15) is 5.75 Å². The zero-order chi connectivity index (χ0) is 19.2. The van der Waals surface area contributed by atoms with Crippen molar-refractivity contribution in [3.05, 3.63) is 71.0 Å². The van der Waals surface area contributed by atoms with Gasteiger partial charge in [-0.2, -0.15) is 5.26 Å². The van der Waals surface area contributed by atoms with E-state index in [2.05, 4.69) is 26.7 Å². The number of methoxy groups -OCH3 is 1. The largest absolute Gasteiger partial charge is 0.495 e. The smallest absolute Gasteiger partial charge is 0.258 e. The van der Waals surface area contributed by atoms with Crippen molar-refractivity contribution in [3.63, 3.8) is 0 Å². The van der Waals surface area contributed by atoms with E-state index in [-0.39, 0.29) is 5.56 Å². The maximum absolute atomic E-state index is 12.4. The number of anilines is 3. The van der Waals surface area contributed by atoms with E-state index in [1.54, 1.807) is 42.5 Å². The molecule has 27 heavy (non-hydrogen) atoms. The van der Waals surface area contributed by atoms with Crippen molar-refractivity contribution in [1.29, 1.82) is 5.26 Å². The number of benzene rings is 2. The van der Waals surface area contributed by atoms with Gasteiger partial charge in [-0.15, -0.1) is 0 Å². The maximum Gasteiger partial charge on any atom is 0.258 e. The number of rotatable bonds is 5. The molecule has 0 saturated carbocycles. The molecule has 0 atom stereocenters. The highest BCUT2D eigenvalue weighted by Gasteiger charge is 2.11. The van der Waals surface area contributed by atoms with Gasteiger partial charge in [0.05, 0.1) is 30.0 Å². The van der Waals surface area contributed by atoms with Gasteiger partial charge in [-0.1, -0.05) is 17.7 Å². The molecule has 3 aromatic rings. The number of aromatic nitrogens is 2. The summed E-state index contributed by atoms with van der Waals surface area (Å²) < 4.78 is 5.20. The Kier molecular flexibility index (Phi) is 5.50. The zero-order valence-electron chi connectivity index (χ0n) is 14.2. The van der Waals surface area contributed by atoms with E-state index in [1.807, 2.05) is 0 Å². The summed E-state index contributed by atoms with van der Waals surface area (Å²) in [4.78, 5) is 20.7. The van der Waals surface area contributed by atoms with Gasteiger partial charge in [0, 0.05) is 23.1 Å². The summed E-state index contributed by atoms with van der Waals surface area (Å²) in [5, 5.41) is 15.1. The second-order valence-electron chi connectivity index (χ2n) is 5.41. The third-order valence-corrected chi connectivity index (χ3v) is 3.81. The van der Waals surface area contributed by atoms with Gasteiger partial charge in [-0.25, -0.2) is 9.97 Å². The van der Waals surface area contributed by atoms with E-state index < -0.39 is 5.91 Å². The Bertz CT molecular complexity index is 1020. The molecule has 1 amide bonds. The molecule has 2 N–H and O–H groups in total. The molecule has 0 saturated heterocycles. The average molecular weight is 380 g/mol. The molecule has 1 aromatic heterocycles. The minimum Gasteiger partial charge on any atom is -0.495 e. The number of nitrogens with one attached hydrogen (secondary N) is 2. The molecular weight excluding hydrogens is 366 g/mol. The lowest BCUT2D eigenvalue weighted by molar-refractivity contribution is 0.102. The fourth-order valence-electron chi connectivity index (χ4n) is 2.28. The van der Waals surface area contributed by atoms with E-state index in [4.69, 9.17) is 21.6 Å². The SMILES string of the molecule is COc1ccc(Cl)cc1NC(=O)c1cnc(Nc2cccc(C#N)c2)nc1. The van der Waals surface area contributed by atoms with Crippen LogP contribution in [-0.2, 0) is 0 Å². The molecule has 0 aliphatic heterocycles. The Morgan fingerprint density at radius 1 is 1.19 bits per heavy atom. The van der Waals surface area contributed by atoms with E-state index in [0.29, 0.717) is 33.7 Å². The molecule has 3 rings (SSSR count). The summed E-state index contributed by atoms with van der Waals surface area (Å²) in [5.41, 5.74) is 1.92. The molecule has 7 nitrogen and oxygen atoms in total. The number of halogens is 1. The first kappa shape index (κ1) is 18.2.